The molecule has 1 N–H and O–H groups in total. The van der Waals surface area contributed by atoms with Crippen LogP contribution in [0.1, 0.15) is 26.6 Å². The predicted molar refractivity (Wildman–Crippen MR) is 66.7 cm³/mol. The Morgan fingerprint density at radius 2 is 2.06 bits per heavy atom. The molecule has 1 aliphatic heterocycles. The first-order valence-electron chi connectivity index (χ1n) is 6.13. The number of aromatic amines is 1. The molecule has 0 amide bonds. The average Bonchev–Trinajstić information content (AvgIpc) is 2.76. The largest absolute Gasteiger partial charge is 0.373 e. The van der Waals surface area contributed by atoms with Gasteiger partial charge in [0.2, 0.25) is 0 Å². The lowest BCUT2D eigenvalue weighted by molar-refractivity contribution is -0.0441. The molecule has 0 radical (unpaired) electrons. The van der Waals surface area contributed by atoms with Gasteiger partial charge in [-0.2, -0.15) is 4.31 Å². The zero-order chi connectivity index (χ0) is 13.3. The molecule has 0 aromatic carbocycles. The van der Waals surface area contributed by atoms with Gasteiger partial charge in [0.15, 0.2) is 5.03 Å². The highest BCUT2D eigenvalue weighted by molar-refractivity contribution is 7.89. The average molecular weight is 273 g/mol. The first-order valence-corrected chi connectivity index (χ1v) is 7.57. The van der Waals surface area contributed by atoms with E-state index in [-0.39, 0.29) is 17.2 Å². The molecule has 0 saturated carbocycles. The summed E-state index contributed by atoms with van der Waals surface area (Å²) >= 11 is 0. The summed E-state index contributed by atoms with van der Waals surface area (Å²) < 4.78 is 31.8. The Kier molecular flexibility index (Phi) is 3.74. The molecule has 102 valence electrons. The van der Waals surface area contributed by atoms with Crippen LogP contribution >= 0.6 is 0 Å². The molecule has 0 bridgehead atoms. The van der Waals surface area contributed by atoms with Crippen LogP contribution in [0.2, 0.25) is 0 Å². The fourth-order valence-electron chi connectivity index (χ4n) is 2.12. The number of aryl methyl sites for hydroxylation is 1. The molecule has 1 aliphatic rings. The molecular formula is C11H19N3O3S. The number of hydrogen-bond acceptors (Lipinski definition) is 4. The normalized spacial score (nSPS) is 26.4. The van der Waals surface area contributed by atoms with Gasteiger partial charge in [-0.15, -0.1) is 0 Å². The van der Waals surface area contributed by atoms with E-state index in [2.05, 4.69) is 9.97 Å². The predicted octanol–water partition coefficient (Wildman–Crippen LogP) is 0.770. The highest BCUT2D eigenvalue weighted by atomic mass is 32.2. The molecule has 6 nitrogen and oxygen atoms in total. The van der Waals surface area contributed by atoms with Crippen molar-refractivity contribution in [1.82, 2.24) is 14.3 Å². The first kappa shape index (κ1) is 13.5. The van der Waals surface area contributed by atoms with Gasteiger partial charge in [-0.3, -0.25) is 0 Å². The maximum Gasteiger partial charge on any atom is 0.260 e. The second-order valence-corrected chi connectivity index (χ2v) is 6.53. The molecular weight excluding hydrogens is 254 g/mol. The number of H-pyrrole nitrogens is 1. The summed E-state index contributed by atoms with van der Waals surface area (Å²) in [6.45, 7) is 6.44. The number of morpholine rings is 1. The highest BCUT2D eigenvalue weighted by Crippen LogP contribution is 2.19. The Morgan fingerprint density at radius 3 is 2.56 bits per heavy atom. The van der Waals surface area contributed by atoms with Crippen molar-refractivity contribution in [3.8, 4) is 0 Å². The van der Waals surface area contributed by atoms with Crippen LogP contribution in [0.25, 0.3) is 0 Å². The van der Waals surface area contributed by atoms with Gasteiger partial charge < -0.3 is 9.72 Å². The number of hydrogen-bond donors (Lipinski definition) is 1. The Hall–Kier alpha value is -0.920. The lowest BCUT2D eigenvalue weighted by atomic mass is 10.3. The summed E-state index contributed by atoms with van der Waals surface area (Å²) in [6.07, 6.45) is 1.90. The summed E-state index contributed by atoms with van der Waals surface area (Å²) in [5.74, 6) is 0.683. The highest BCUT2D eigenvalue weighted by Gasteiger charge is 2.33. The number of nitrogens with zero attached hydrogens (tertiary/aromatic N) is 2. The van der Waals surface area contributed by atoms with Crippen molar-refractivity contribution in [2.75, 3.05) is 13.1 Å². The maximum atomic E-state index is 12.4. The van der Waals surface area contributed by atoms with Crippen molar-refractivity contribution >= 4 is 10.0 Å². The quantitative estimate of drug-likeness (QED) is 0.882. The molecule has 7 heteroatoms. The van der Waals surface area contributed by atoms with Crippen LogP contribution in [0.3, 0.4) is 0 Å². The third-order valence-corrected chi connectivity index (χ3v) is 4.69. The minimum absolute atomic E-state index is 0.0860. The molecule has 2 rings (SSSR count). The molecule has 0 unspecified atom stereocenters. The third kappa shape index (κ3) is 2.57. The van der Waals surface area contributed by atoms with Crippen LogP contribution < -0.4 is 0 Å². The van der Waals surface area contributed by atoms with E-state index >= 15 is 0 Å². The topological polar surface area (TPSA) is 75.3 Å². The zero-order valence-electron chi connectivity index (χ0n) is 10.9. The molecule has 1 saturated heterocycles. The summed E-state index contributed by atoms with van der Waals surface area (Å²) in [5, 5.41) is 0.167. The first-order chi connectivity index (χ1) is 8.43. The molecule has 0 aliphatic carbocycles. The van der Waals surface area contributed by atoms with E-state index in [4.69, 9.17) is 4.74 Å². The van der Waals surface area contributed by atoms with Crippen LogP contribution in [0.15, 0.2) is 11.2 Å². The Bertz CT molecular complexity index is 501. The number of aromatic nitrogens is 2. The minimum Gasteiger partial charge on any atom is -0.373 e. The van der Waals surface area contributed by atoms with Crippen molar-refractivity contribution in [3.05, 3.63) is 12.0 Å². The Morgan fingerprint density at radius 1 is 1.44 bits per heavy atom. The molecule has 1 aromatic heterocycles. The Labute approximate surface area is 107 Å². The number of nitrogens with one attached hydrogen (secondary N) is 1. The minimum atomic E-state index is -3.48. The molecule has 0 spiro atoms. The van der Waals surface area contributed by atoms with E-state index in [0.717, 1.165) is 0 Å². The van der Waals surface area contributed by atoms with E-state index in [0.29, 0.717) is 25.3 Å². The number of imidazole rings is 1. The number of rotatable bonds is 3. The summed E-state index contributed by atoms with van der Waals surface area (Å²) in [6, 6.07) is 0. The fraction of sp³-hybridized carbons (Fsp3) is 0.727. The lowest BCUT2D eigenvalue weighted by Gasteiger charge is -2.33. The Balaban J connectivity index is 2.25. The van der Waals surface area contributed by atoms with E-state index in [1.54, 1.807) is 0 Å². The molecule has 2 heterocycles. The second-order valence-electron chi connectivity index (χ2n) is 4.63. The summed E-state index contributed by atoms with van der Waals surface area (Å²) in [4.78, 5) is 6.89. The monoisotopic (exact) mass is 273 g/mol. The smallest absolute Gasteiger partial charge is 0.260 e. The standard InChI is InChI=1S/C11H19N3O3S/c1-4-10-12-5-11(13-10)18(15,16)14-6-8(2)17-9(3)7-14/h5,8-9H,4,6-7H2,1-3H3,(H,12,13)/t8-,9+. The van der Waals surface area contributed by atoms with E-state index < -0.39 is 10.0 Å². The SMILES string of the molecule is CCc1ncc(S(=O)(=O)N2C[C@@H](C)O[C@@H](C)C2)[nH]1. The molecule has 18 heavy (non-hydrogen) atoms. The van der Waals surface area contributed by atoms with Crippen LogP contribution in [-0.4, -0.2) is 48.0 Å². The fourth-order valence-corrected chi connectivity index (χ4v) is 3.64. The van der Waals surface area contributed by atoms with Gasteiger partial charge in [0, 0.05) is 19.5 Å². The van der Waals surface area contributed by atoms with E-state index in [1.165, 1.54) is 10.5 Å². The van der Waals surface area contributed by atoms with E-state index in [1.807, 2.05) is 20.8 Å². The summed E-state index contributed by atoms with van der Waals surface area (Å²) in [5.41, 5.74) is 0. The maximum absolute atomic E-state index is 12.4. The van der Waals surface area contributed by atoms with Crippen LogP contribution in [0.5, 0.6) is 0 Å². The van der Waals surface area contributed by atoms with Gasteiger partial charge in [-0.25, -0.2) is 13.4 Å². The van der Waals surface area contributed by atoms with Crippen molar-refractivity contribution in [2.45, 2.75) is 44.4 Å². The van der Waals surface area contributed by atoms with Crippen molar-refractivity contribution in [3.63, 3.8) is 0 Å². The van der Waals surface area contributed by atoms with Crippen molar-refractivity contribution < 1.29 is 13.2 Å². The van der Waals surface area contributed by atoms with Gasteiger partial charge in [0.1, 0.15) is 5.82 Å². The number of ether oxygens (including phenoxy) is 1. The van der Waals surface area contributed by atoms with Gasteiger partial charge in [0.05, 0.1) is 18.4 Å². The second kappa shape index (κ2) is 4.99. The van der Waals surface area contributed by atoms with Crippen LogP contribution in [0, 0.1) is 0 Å². The molecule has 1 fully saturated rings. The summed E-state index contributed by atoms with van der Waals surface area (Å²) in [7, 11) is -3.48. The van der Waals surface area contributed by atoms with Crippen LogP contribution in [0.4, 0.5) is 0 Å². The third-order valence-electron chi connectivity index (χ3n) is 2.94. The zero-order valence-corrected chi connectivity index (χ0v) is 11.7. The van der Waals surface area contributed by atoms with Gasteiger partial charge in [-0.05, 0) is 13.8 Å². The van der Waals surface area contributed by atoms with Gasteiger partial charge >= 0.3 is 0 Å². The van der Waals surface area contributed by atoms with Gasteiger partial charge in [0.25, 0.3) is 10.0 Å². The molecule has 2 atom stereocenters. The van der Waals surface area contributed by atoms with Crippen molar-refractivity contribution in [1.29, 1.82) is 0 Å². The lowest BCUT2D eigenvalue weighted by Crippen LogP contribution is -2.48. The number of sulfonamides is 1. The van der Waals surface area contributed by atoms with Gasteiger partial charge in [-0.1, -0.05) is 6.92 Å². The molecule has 1 aromatic rings. The van der Waals surface area contributed by atoms with Crippen LogP contribution in [-0.2, 0) is 21.2 Å². The van der Waals surface area contributed by atoms with Crippen molar-refractivity contribution in [2.24, 2.45) is 0 Å². The van der Waals surface area contributed by atoms with E-state index in [9.17, 15) is 8.42 Å².